The van der Waals surface area contributed by atoms with Crippen LogP contribution < -0.4 is 5.32 Å². The van der Waals surface area contributed by atoms with Gasteiger partial charge in [0.1, 0.15) is 5.82 Å². The summed E-state index contributed by atoms with van der Waals surface area (Å²) in [5.74, 6) is 2.13. The fourth-order valence-corrected chi connectivity index (χ4v) is 2.87. The molecule has 2 rings (SSSR count). The Morgan fingerprint density at radius 3 is 2.71 bits per heavy atom. The van der Waals surface area contributed by atoms with Gasteiger partial charge in [0.2, 0.25) is 0 Å². The molecule has 96 valence electrons. The summed E-state index contributed by atoms with van der Waals surface area (Å²) in [7, 11) is 2.06. The predicted octanol–water partition coefficient (Wildman–Crippen LogP) is 2.87. The van der Waals surface area contributed by atoms with Gasteiger partial charge in [-0.2, -0.15) is 0 Å². The number of hydrogen-bond donors (Lipinski definition) is 1. The maximum Gasteiger partial charge on any atom is 0.122 e. The molecular weight excluding hydrogens is 210 g/mol. The van der Waals surface area contributed by atoms with Gasteiger partial charge in [-0.1, -0.05) is 19.8 Å². The number of aromatic nitrogens is 2. The van der Waals surface area contributed by atoms with Gasteiger partial charge in [0.05, 0.1) is 6.54 Å². The fraction of sp³-hybridized carbons (Fsp3) is 0.786. The van der Waals surface area contributed by atoms with Crippen molar-refractivity contribution in [2.75, 3.05) is 0 Å². The van der Waals surface area contributed by atoms with E-state index in [2.05, 4.69) is 28.8 Å². The second-order valence-electron chi connectivity index (χ2n) is 5.34. The topological polar surface area (TPSA) is 29.9 Å². The van der Waals surface area contributed by atoms with E-state index in [1.54, 1.807) is 0 Å². The van der Waals surface area contributed by atoms with Crippen LogP contribution in [0.25, 0.3) is 0 Å². The lowest BCUT2D eigenvalue weighted by atomic mass is 9.83. The van der Waals surface area contributed by atoms with E-state index in [4.69, 9.17) is 0 Å². The van der Waals surface area contributed by atoms with Gasteiger partial charge in [-0.05, 0) is 31.6 Å². The Hall–Kier alpha value is -0.830. The minimum atomic E-state index is 0.708. The average molecular weight is 235 g/mol. The van der Waals surface area contributed by atoms with Crippen molar-refractivity contribution in [2.45, 2.75) is 58.0 Å². The number of nitrogens with one attached hydrogen (secondary N) is 1. The van der Waals surface area contributed by atoms with Gasteiger partial charge in [0.15, 0.2) is 0 Å². The zero-order valence-electron chi connectivity index (χ0n) is 11.2. The van der Waals surface area contributed by atoms with Crippen LogP contribution in [0.3, 0.4) is 0 Å². The van der Waals surface area contributed by atoms with Crippen molar-refractivity contribution in [3.8, 4) is 0 Å². The predicted molar refractivity (Wildman–Crippen MR) is 70.7 cm³/mol. The molecule has 1 fully saturated rings. The molecule has 0 bridgehead atoms. The van der Waals surface area contributed by atoms with Crippen LogP contribution in [-0.4, -0.2) is 15.6 Å². The molecule has 0 aliphatic heterocycles. The lowest BCUT2D eigenvalue weighted by Gasteiger charge is -2.29. The minimum absolute atomic E-state index is 0.708. The van der Waals surface area contributed by atoms with E-state index in [9.17, 15) is 0 Å². The first-order valence-corrected chi connectivity index (χ1v) is 6.99. The number of rotatable bonds is 5. The van der Waals surface area contributed by atoms with Crippen LogP contribution in [-0.2, 0) is 13.6 Å². The molecular formula is C14H25N3. The van der Waals surface area contributed by atoms with Crippen molar-refractivity contribution in [1.82, 2.24) is 14.9 Å². The zero-order chi connectivity index (χ0) is 12.1. The van der Waals surface area contributed by atoms with Gasteiger partial charge < -0.3 is 9.88 Å². The van der Waals surface area contributed by atoms with E-state index >= 15 is 0 Å². The largest absolute Gasteiger partial charge is 0.337 e. The number of hydrogen-bond acceptors (Lipinski definition) is 2. The fourth-order valence-electron chi connectivity index (χ4n) is 2.87. The SMILES string of the molecule is CCCC1CCC(NCc2nccn2C)CC1. The molecule has 1 N–H and O–H groups in total. The Morgan fingerprint density at radius 1 is 1.35 bits per heavy atom. The zero-order valence-corrected chi connectivity index (χ0v) is 11.2. The summed E-state index contributed by atoms with van der Waals surface area (Å²) in [5.41, 5.74) is 0. The number of nitrogens with zero attached hydrogens (tertiary/aromatic N) is 2. The van der Waals surface area contributed by atoms with Crippen molar-refractivity contribution in [3.05, 3.63) is 18.2 Å². The van der Waals surface area contributed by atoms with Gasteiger partial charge >= 0.3 is 0 Å². The van der Waals surface area contributed by atoms with Crippen LogP contribution in [0.1, 0.15) is 51.3 Å². The molecule has 0 aromatic carbocycles. The first-order valence-electron chi connectivity index (χ1n) is 6.99. The van der Waals surface area contributed by atoms with Crippen LogP contribution in [0.5, 0.6) is 0 Å². The van der Waals surface area contributed by atoms with Crippen LogP contribution in [0.4, 0.5) is 0 Å². The summed E-state index contributed by atoms with van der Waals surface area (Å²) in [4.78, 5) is 4.35. The minimum Gasteiger partial charge on any atom is -0.337 e. The van der Waals surface area contributed by atoms with Crippen LogP contribution in [0.15, 0.2) is 12.4 Å². The molecule has 3 heteroatoms. The second-order valence-corrected chi connectivity index (χ2v) is 5.34. The molecule has 0 atom stereocenters. The van der Waals surface area contributed by atoms with Crippen molar-refractivity contribution >= 4 is 0 Å². The highest BCUT2D eigenvalue weighted by atomic mass is 15.1. The Bertz CT molecular complexity index is 324. The molecule has 1 aromatic rings. The molecule has 0 radical (unpaired) electrons. The maximum atomic E-state index is 4.35. The number of imidazole rings is 1. The molecule has 0 saturated heterocycles. The molecule has 1 heterocycles. The van der Waals surface area contributed by atoms with Crippen LogP contribution >= 0.6 is 0 Å². The third kappa shape index (κ3) is 3.56. The molecule has 0 amide bonds. The molecule has 17 heavy (non-hydrogen) atoms. The third-order valence-corrected chi connectivity index (χ3v) is 4.01. The van der Waals surface area contributed by atoms with Gasteiger partial charge in [0.25, 0.3) is 0 Å². The number of aryl methyl sites for hydroxylation is 1. The van der Waals surface area contributed by atoms with Gasteiger partial charge in [-0.15, -0.1) is 0 Å². The van der Waals surface area contributed by atoms with Crippen molar-refractivity contribution < 1.29 is 0 Å². The Labute approximate surface area is 105 Å². The average Bonchev–Trinajstić information content (AvgIpc) is 2.75. The Morgan fingerprint density at radius 2 is 2.12 bits per heavy atom. The van der Waals surface area contributed by atoms with E-state index in [0.717, 1.165) is 18.3 Å². The van der Waals surface area contributed by atoms with E-state index in [1.165, 1.54) is 38.5 Å². The summed E-state index contributed by atoms with van der Waals surface area (Å²) in [6.07, 6.45) is 12.1. The van der Waals surface area contributed by atoms with Crippen molar-refractivity contribution in [2.24, 2.45) is 13.0 Å². The summed E-state index contributed by atoms with van der Waals surface area (Å²) >= 11 is 0. The van der Waals surface area contributed by atoms with Gasteiger partial charge in [0, 0.05) is 25.5 Å². The molecule has 1 aliphatic carbocycles. The Balaban J connectivity index is 1.70. The molecule has 3 nitrogen and oxygen atoms in total. The normalized spacial score (nSPS) is 25.1. The summed E-state index contributed by atoms with van der Waals surface area (Å²) in [5, 5.41) is 3.64. The highest BCUT2D eigenvalue weighted by Gasteiger charge is 2.20. The van der Waals surface area contributed by atoms with E-state index < -0.39 is 0 Å². The highest BCUT2D eigenvalue weighted by molar-refractivity contribution is 4.91. The summed E-state index contributed by atoms with van der Waals surface area (Å²) in [6.45, 7) is 3.21. The van der Waals surface area contributed by atoms with E-state index in [-0.39, 0.29) is 0 Å². The lowest BCUT2D eigenvalue weighted by Crippen LogP contribution is -2.33. The van der Waals surface area contributed by atoms with Gasteiger partial charge in [-0.3, -0.25) is 0 Å². The first kappa shape index (κ1) is 12.6. The molecule has 1 aromatic heterocycles. The third-order valence-electron chi connectivity index (χ3n) is 4.01. The lowest BCUT2D eigenvalue weighted by molar-refractivity contribution is 0.276. The van der Waals surface area contributed by atoms with Gasteiger partial charge in [-0.25, -0.2) is 4.98 Å². The second kappa shape index (κ2) is 6.20. The van der Waals surface area contributed by atoms with Crippen molar-refractivity contribution in [3.63, 3.8) is 0 Å². The van der Waals surface area contributed by atoms with Crippen LogP contribution in [0, 0.1) is 5.92 Å². The quantitative estimate of drug-likeness (QED) is 0.850. The van der Waals surface area contributed by atoms with E-state index in [1.807, 2.05) is 12.4 Å². The standard InChI is InChI=1S/C14H25N3/c1-3-4-12-5-7-13(8-6-12)16-11-14-15-9-10-17(14)2/h9-10,12-13,16H,3-8,11H2,1-2H3. The smallest absolute Gasteiger partial charge is 0.122 e. The molecule has 1 aliphatic rings. The van der Waals surface area contributed by atoms with Crippen molar-refractivity contribution in [1.29, 1.82) is 0 Å². The monoisotopic (exact) mass is 235 g/mol. The molecule has 0 unspecified atom stereocenters. The molecule has 0 spiro atoms. The highest BCUT2D eigenvalue weighted by Crippen LogP contribution is 2.27. The van der Waals surface area contributed by atoms with Crippen LogP contribution in [0.2, 0.25) is 0 Å². The Kier molecular flexibility index (Phi) is 4.60. The van der Waals surface area contributed by atoms with E-state index in [0.29, 0.717) is 6.04 Å². The summed E-state index contributed by atoms with van der Waals surface area (Å²) < 4.78 is 2.09. The maximum absolute atomic E-state index is 4.35. The molecule has 1 saturated carbocycles. The first-order chi connectivity index (χ1) is 8.29. The summed E-state index contributed by atoms with van der Waals surface area (Å²) in [6, 6.07) is 0.708.